The van der Waals surface area contributed by atoms with E-state index in [0.717, 1.165) is 32.5 Å². The average molecular weight is 410 g/mol. The minimum atomic E-state index is -0.174. The fourth-order valence-electron chi connectivity index (χ4n) is 4.50. The molecule has 3 heterocycles. The lowest BCUT2D eigenvalue weighted by molar-refractivity contribution is -0.126. The number of carbonyl (C=O) groups is 2. The summed E-state index contributed by atoms with van der Waals surface area (Å²) in [5.74, 6) is 0.0544. The minimum Gasteiger partial charge on any atom is -0.459 e. The number of furan rings is 1. The van der Waals surface area contributed by atoms with Gasteiger partial charge >= 0.3 is 0 Å². The SMILES string of the molecule is O=C(NCc1ccccc1CN1CCCCC1)C1CCCN(C(=O)c2ccco2)C1. The number of rotatable bonds is 6. The lowest BCUT2D eigenvalue weighted by atomic mass is 9.96. The van der Waals surface area contributed by atoms with Crippen LogP contribution in [-0.4, -0.2) is 47.8 Å². The summed E-state index contributed by atoms with van der Waals surface area (Å²) in [4.78, 5) is 29.6. The number of nitrogens with zero attached hydrogens (tertiary/aromatic N) is 2. The van der Waals surface area contributed by atoms with Gasteiger partial charge in [0.15, 0.2) is 5.76 Å². The van der Waals surface area contributed by atoms with Gasteiger partial charge in [-0.15, -0.1) is 0 Å². The largest absolute Gasteiger partial charge is 0.459 e. The quantitative estimate of drug-likeness (QED) is 0.794. The van der Waals surface area contributed by atoms with Crippen LogP contribution < -0.4 is 5.32 Å². The van der Waals surface area contributed by atoms with Crippen molar-refractivity contribution < 1.29 is 14.0 Å². The molecule has 2 aliphatic heterocycles. The first-order valence-electron chi connectivity index (χ1n) is 11.1. The number of carbonyl (C=O) groups excluding carboxylic acids is 2. The Morgan fingerprint density at radius 3 is 2.53 bits per heavy atom. The molecule has 1 aromatic carbocycles. The zero-order valence-electron chi connectivity index (χ0n) is 17.5. The van der Waals surface area contributed by atoms with Gasteiger partial charge in [-0.2, -0.15) is 0 Å². The molecule has 0 aliphatic carbocycles. The van der Waals surface area contributed by atoms with Gasteiger partial charge in [0.1, 0.15) is 0 Å². The van der Waals surface area contributed by atoms with Gasteiger partial charge in [-0.05, 0) is 62.0 Å². The summed E-state index contributed by atoms with van der Waals surface area (Å²) in [5, 5.41) is 3.12. The molecule has 160 valence electrons. The smallest absolute Gasteiger partial charge is 0.289 e. The topological polar surface area (TPSA) is 65.8 Å². The van der Waals surface area contributed by atoms with E-state index in [-0.39, 0.29) is 17.7 Å². The van der Waals surface area contributed by atoms with Gasteiger partial charge in [-0.3, -0.25) is 14.5 Å². The maximum Gasteiger partial charge on any atom is 0.289 e. The molecule has 6 heteroatoms. The van der Waals surface area contributed by atoms with E-state index in [2.05, 4.69) is 28.4 Å². The first-order chi connectivity index (χ1) is 14.7. The molecule has 30 heavy (non-hydrogen) atoms. The van der Waals surface area contributed by atoms with Crippen LogP contribution in [-0.2, 0) is 17.9 Å². The monoisotopic (exact) mass is 409 g/mol. The van der Waals surface area contributed by atoms with E-state index in [4.69, 9.17) is 4.42 Å². The van der Waals surface area contributed by atoms with E-state index in [0.29, 0.717) is 25.4 Å². The zero-order chi connectivity index (χ0) is 20.8. The van der Waals surface area contributed by atoms with E-state index in [1.165, 1.54) is 36.7 Å². The molecule has 2 fully saturated rings. The van der Waals surface area contributed by atoms with Crippen molar-refractivity contribution >= 4 is 11.8 Å². The highest BCUT2D eigenvalue weighted by molar-refractivity contribution is 5.92. The third-order valence-electron chi connectivity index (χ3n) is 6.23. The van der Waals surface area contributed by atoms with Crippen molar-refractivity contribution in [3.63, 3.8) is 0 Å². The summed E-state index contributed by atoms with van der Waals surface area (Å²) in [6.07, 6.45) is 7.01. The van der Waals surface area contributed by atoms with Gasteiger partial charge < -0.3 is 14.6 Å². The Kier molecular flexibility index (Phi) is 6.84. The van der Waals surface area contributed by atoms with Gasteiger partial charge in [0.25, 0.3) is 5.91 Å². The van der Waals surface area contributed by atoms with Crippen LogP contribution in [0, 0.1) is 5.92 Å². The number of piperidine rings is 2. The fourth-order valence-corrected chi connectivity index (χ4v) is 4.50. The van der Waals surface area contributed by atoms with Crippen LogP contribution in [0.4, 0.5) is 0 Å². The second-order valence-electron chi connectivity index (χ2n) is 8.39. The molecule has 2 aliphatic rings. The summed E-state index contributed by atoms with van der Waals surface area (Å²) >= 11 is 0. The second kappa shape index (κ2) is 9.94. The number of benzene rings is 1. The molecular weight excluding hydrogens is 378 g/mol. The Bertz CT molecular complexity index is 843. The molecule has 2 saturated heterocycles. The first-order valence-corrected chi connectivity index (χ1v) is 11.1. The van der Waals surface area contributed by atoms with Gasteiger partial charge in [0, 0.05) is 26.2 Å². The summed E-state index contributed by atoms with van der Waals surface area (Å²) < 4.78 is 5.23. The van der Waals surface area contributed by atoms with Crippen molar-refractivity contribution in [3.05, 3.63) is 59.5 Å². The Morgan fingerprint density at radius 1 is 0.967 bits per heavy atom. The highest BCUT2D eigenvalue weighted by Gasteiger charge is 2.29. The molecule has 4 rings (SSSR count). The summed E-state index contributed by atoms with van der Waals surface area (Å²) in [5.41, 5.74) is 2.47. The standard InChI is InChI=1S/C24H31N3O3/c28-23(21-10-6-14-27(18-21)24(29)22-11-7-15-30-22)25-16-19-8-2-3-9-20(19)17-26-12-4-1-5-13-26/h2-3,7-9,11,15,21H,1,4-6,10,12-14,16-18H2,(H,25,28). The summed E-state index contributed by atoms with van der Waals surface area (Å²) in [6.45, 7) is 4.90. The van der Waals surface area contributed by atoms with E-state index in [1.807, 2.05) is 6.07 Å². The van der Waals surface area contributed by atoms with Crippen LogP contribution in [0.3, 0.4) is 0 Å². The van der Waals surface area contributed by atoms with Crippen molar-refractivity contribution in [2.24, 2.45) is 5.92 Å². The molecule has 0 saturated carbocycles. The van der Waals surface area contributed by atoms with Gasteiger partial charge in [-0.25, -0.2) is 0 Å². The van der Waals surface area contributed by atoms with E-state index >= 15 is 0 Å². The number of amides is 2. The molecule has 2 amide bonds. The molecule has 0 bridgehead atoms. The Morgan fingerprint density at radius 2 is 1.77 bits per heavy atom. The highest BCUT2D eigenvalue weighted by Crippen LogP contribution is 2.20. The van der Waals surface area contributed by atoms with Gasteiger partial charge in [-0.1, -0.05) is 30.7 Å². The van der Waals surface area contributed by atoms with Crippen LogP contribution in [0.5, 0.6) is 0 Å². The molecular formula is C24H31N3O3. The van der Waals surface area contributed by atoms with Crippen LogP contribution in [0.15, 0.2) is 47.1 Å². The van der Waals surface area contributed by atoms with Crippen LogP contribution in [0.1, 0.15) is 53.8 Å². The van der Waals surface area contributed by atoms with Gasteiger partial charge in [0.05, 0.1) is 12.2 Å². The lowest BCUT2D eigenvalue weighted by Gasteiger charge is -2.31. The van der Waals surface area contributed by atoms with Crippen molar-refractivity contribution in [2.75, 3.05) is 26.2 Å². The molecule has 2 aromatic rings. The summed E-state index contributed by atoms with van der Waals surface area (Å²) in [6, 6.07) is 11.8. The van der Waals surface area contributed by atoms with Gasteiger partial charge in [0.2, 0.25) is 5.91 Å². The normalized spacial score (nSPS) is 20.1. The van der Waals surface area contributed by atoms with Crippen LogP contribution in [0.25, 0.3) is 0 Å². The first kappa shape index (κ1) is 20.7. The molecule has 6 nitrogen and oxygen atoms in total. The lowest BCUT2D eigenvalue weighted by Crippen LogP contribution is -2.45. The number of likely N-dealkylation sites (tertiary alicyclic amines) is 2. The Balaban J connectivity index is 1.32. The van der Waals surface area contributed by atoms with Crippen LogP contribution in [0.2, 0.25) is 0 Å². The Hall–Kier alpha value is -2.60. The van der Waals surface area contributed by atoms with E-state index in [1.54, 1.807) is 17.0 Å². The minimum absolute atomic E-state index is 0.0275. The predicted molar refractivity (Wildman–Crippen MR) is 115 cm³/mol. The maximum absolute atomic E-state index is 12.8. The molecule has 1 unspecified atom stereocenters. The van der Waals surface area contributed by atoms with Crippen molar-refractivity contribution in [1.29, 1.82) is 0 Å². The van der Waals surface area contributed by atoms with Crippen molar-refractivity contribution in [2.45, 2.75) is 45.2 Å². The molecule has 1 N–H and O–H groups in total. The second-order valence-corrected chi connectivity index (χ2v) is 8.39. The molecule has 0 radical (unpaired) electrons. The highest BCUT2D eigenvalue weighted by atomic mass is 16.3. The third kappa shape index (κ3) is 5.11. The fraction of sp³-hybridized carbons (Fsp3) is 0.500. The van der Waals surface area contributed by atoms with Crippen LogP contribution >= 0.6 is 0 Å². The molecule has 1 atom stereocenters. The van der Waals surface area contributed by atoms with E-state index in [9.17, 15) is 9.59 Å². The Labute approximate surface area is 178 Å². The van der Waals surface area contributed by atoms with E-state index < -0.39 is 0 Å². The maximum atomic E-state index is 12.8. The van der Waals surface area contributed by atoms with Crippen molar-refractivity contribution in [1.82, 2.24) is 15.1 Å². The number of hydrogen-bond acceptors (Lipinski definition) is 4. The van der Waals surface area contributed by atoms with Crippen molar-refractivity contribution in [3.8, 4) is 0 Å². The average Bonchev–Trinajstić information content (AvgIpc) is 3.33. The zero-order valence-corrected chi connectivity index (χ0v) is 17.5. The predicted octanol–water partition coefficient (Wildman–Crippen LogP) is 3.43. The summed E-state index contributed by atoms with van der Waals surface area (Å²) in [7, 11) is 0. The number of hydrogen-bond donors (Lipinski definition) is 1. The molecule has 1 aromatic heterocycles. The molecule has 0 spiro atoms. The number of nitrogens with one attached hydrogen (secondary N) is 1. The third-order valence-corrected chi connectivity index (χ3v) is 6.23.